The highest BCUT2D eigenvalue weighted by Gasteiger charge is 2.44. The van der Waals surface area contributed by atoms with E-state index in [1.54, 1.807) is 6.20 Å². The smallest absolute Gasteiger partial charge is 0.101 e. The third kappa shape index (κ3) is 1.89. The maximum atomic E-state index is 6.51. The molecule has 17 heavy (non-hydrogen) atoms. The lowest BCUT2D eigenvalue weighted by atomic mass is 9.62. The van der Waals surface area contributed by atoms with Crippen molar-refractivity contribution in [3.05, 3.63) is 12.3 Å². The van der Waals surface area contributed by atoms with E-state index >= 15 is 0 Å². The van der Waals surface area contributed by atoms with Crippen LogP contribution in [0.25, 0.3) is 0 Å². The van der Waals surface area contributed by atoms with E-state index in [9.17, 15) is 0 Å². The van der Waals surface area contributed by atoms with Gasteiger partial charge in [-0.05, 0) is 43.1 Å². The molecular weight excluding hydrogens is 212 g/mol. The summed E-state index contributed by atoms with van der Waals surface area (Å²) < 4.78 is 0. The number of nitrogens with zero attached hydrogens (tertiary/aromatic N) is 1. The molecular formula is C13H22N4. The zero-order valence-electron chi connectivity index (χ0n) is 10.3. The van der Waals surface area contributed by atoms with Crippen molar-refractivity contribution in [2.45, 2.75) is 37.6 Å². The van der Waals surface area contributed by atoms with Crippen LogP contribution in [0, 0.1) is 11.3 Å². The minimum atomic E-state index is -0.245. The van der Waals surface area contributed by atoms with Crippen LogP contribution in [0.1, 0.15) is 32.1 Å². The van der Waals surface area contributed by atoms with Crippen LogP contribution in [0.3, 0.4) is 0 Å². The van der Waals surface area contributed by atoms with E-state index in [1.165, 1.54) is 38.8 Å². The molecule has 0 aromatic heterocycles. The molecule has 1 atom stereocenters. The van der Waals surface area contributed by atoms with Gasteiger partial charge >= 0.3 is 0 Å². The molecule has 3 aliphatic rings. The van der Waals surface area contributed by atoms with Crippen LogP contribution < -0.4 is 16.8 Å². The predicted octanol–water partition coefficient (Wildman–Crippen LogP) is 0.738. The second-order valence-electron chi connectivity index (χ2n) is 6.10. The lowest BCUT2D eigenvalue weighted by Crippen LogP contribution is -2.58. The molecule has 0 aromatic rings. The van der Waals surface area contributed by atoms with E-state index in [0.717, 1.165) is 6.42 Å². The summed E-state index contributed by atoms with van der Waals surface area (Å²) in [6.07, 6.45) is 9.66. The largest absolute Gasteiger partial charge is 0.387 e. The molecule has 3 rings (SSSR count). The average molecular weight is 234 g/mol. The molecule has 4 nitrogen and oxygen atoms in total. The number of aliphatic imine (C=N–C) groups is 1. The van der Waals surface area contributed by atoms with Gasteiger partial charge in [-0.25, -0.2) is 4.99 Å². The zero-order chi connectivity index (χ0) is 11.9. The first-order valence-electron chi connectivity index (χ1n) is 6.61. The normalized spacial score (nSPS) is 36.6. The maximum absolute atomic E-state index is 6.51. The lowest BCUT2D eigenvalue weighted by Gasteiger charge is -2.50. The van der Waals surface area contributed by atoms with Crippen LogP contribution in [-0.2, 0) is 0 Å². The summed E-state index contributed by atoms with van der Waals surface area (Å²) in [5, 5.41) is 3.40. The Hall–Kier alpha value is -0.870. The minimum absolute atomic E-state index is 0.245. The van der Waals surface area contributed by atoms with Crippen molar-refractivity contribution in [1.82, 2.24) is 5.32 Å². The van der Waals surface area contributed by atoms with E-state index in [4.69, 9.17) is 11.5 Å². The Labute approximate surface area is 103 Å². The SMILES string of the molecule is NC1=NC=CC(N)(C2CCC3(CC2)CNC3)C1. The van der Waals surface area contributed by atoms with Gasteiger partial charge in [0.25, 0.3) is 0 Å². The van der Waals surface area contributed by atoms with Crippen molar-refractivity contribution < 1.29 is 0 Å². The van der Waals surface area contributed by atoms with Gasteiger partial charge in [-0.15, -0.1) is 0 Å². The van der Waals surface area contributed by atoms with E-state index in [2.05, 4.69) is 16.4 Å². The van der Waals surface area contributed by atoms with Gasteiger partial charge in [0.2, 0.25) is 0 Å². The molecule has 5 N–H and O–H groups in total. The fourth-order valence-corrected chi connectivity index (χ4v) is 3.57. The number of nitrogens with two attached hydrogens (primary N) is 2. The summed E-state index contributed by atoms with van der Waals surface area (Å²) in [6, 6.07) is 0. The van der Waals surface area contributed by atoms with Gasteiger partial charge in [0.15, 0.2) is 0 Å². The Morgan fingerprint density at radius 3 is 2.53 bits per heavy atom. The Morgan fingerprint density at radius 2 is 2.00 bits per heavy atom. The molecule has 94 valence electrons. The maximum Gasteiger partial charge on any atom is 0.101 e. The van der Waals surface area contributed by atoms with Crippen LogP contribution in [0.2, 0.25) is 0 Å². The summed E-state index contributed by atoms with van der Waals surface area (Å²) in [7, 11) is 0. The molecule has 0 amide bonds. The molecule has 2 aliphatic heterocycles. The van der Waals surface area contributed by atoms with Crippen molar-refractivity contribution in [1.29, 1.82) is 0 Å². The first-order chi connectivity index (χ1) is 8.12. The molecule has 0 aromatic carbocycles. The predicted molar refractivity (Wildman–Crippen MR) is 69.6 cm³/mol. The van der Waals surface area contributed by atoms with E-state index in [1.807, 2.05) is 0 Å². The average Bonchev–Trinajstić information content (AvgIpc) is 2.27. The van der Waals surface area contributed by atoms with Crippen molar-refractivity contribution in [3.63, 3.8) is 0 Å². The molecule has 4 heteroatoms. The van der Waals surface area contributed by atoms with Gasteiger partial charge < -0.3 is 16.8 Å². The molecule has 1 unspecified atom stereocenters. The van der Waals surface area contributed by atoms with Gasteiger partial charge in [0, 0.05) is 31.2 Å². The van der Waals surface area contributed by atoms with E-state index < -0.39 is 0 Å². The lowest BCUT2D eigenvalue weighted by molar-refractivity contribution is 0.0652. The highest BCUT2D eigenvalue weighted by Crippen LogP contribution is 2.45. The van der Waals surface area contributed by atoms with Crippen molar-refractivity contribution in [2.24, 2.45) is 27.8 Å². The van der Waals surface area contributed by atoms with Crippen molar-refractivity contribution >= 4 is 5.84 Å². The third-order valence-electron chi connectivity index (χ3n) is 4.92. The van der Waals surface area contributed by atoms with Crippen LogP contribution in [0.15, 0.2) is 17.3 Å². The topological polar surface area (TPSA) is 76.4 Å². The molecule has 2 heterocycles. The van der Waals surface area contributed by atoms with Crippen molar-refractivity contribution in [2.75, 3.05) is 13.1 Å². The summed E-state index contributed by atoms with van der Waals surface area (Å²) in [6.45, 7) is 2.41. The van der Waals surface area contributed by atoms with Gasteiger partial charge in [0.05, 0.1) is 0 Å². The number of amidine groups is 1. The molecule has 0 radical (unpaired) electrons. The standard InChI is InChI=1S/C13H22N4/c14-11-7-13(15,5-6-17-11)10-1-3-12(4-2-10)8-16-9-12/h5-6,10,16H,1-4,7-9,15H2,(H2,14,17). The number of rotatable bonds is 1. The Kier molecular flexibility index (Phi) is 2.52. The Morgan fingerprint density at radius 1 is 1.29 bits per heavy atom. The van der Waals surface area contributed by atoms with Gasteiger partial charge in [-0.3, -0.25) is 0 Å². The van der Waals surface area contributed by atoms with Crippen LogP contribution >= 0.6 is 0 Å². The summed E-state index contributed by atoms with van der Waals surface area (Å²) >= 11 is 0. The molecule has 1 saturated heterocycles. The molecule has 2 fully saturated rings. The minimum Gasteiger partial charge on any atom is -0.387 e. The number of nitrogens with one attached hydrogen (secondary N) is 1. The number of hydrogen-bond acceptors (Lipinski definition) is 4. The van der Waals surface area contributed by atoms with Gasteiger partial charge in [0.1, 0.15) is 5.84 Å². The fourth-order valence-electron chi connectivity index (χ4n) is 3.57. The Bertz CT molecular complexity index is 360. The summed E-state index contributed by atoms with van der Waals surface area (Å²) in [5.41, 5.74) is 12.7. The highest BCUT2D eigenvalue weighted by molar-refractivity contribution is 5.83. The molecule has 1 aliphatic carbocycles. The molecule has 1 spiro atoms. The quantitative estimate of drug-likeness (QED) is 0.626. The Balaban J connectivity index is 1.66. The second kappa shape index (κ2) is 3.82. The number of hydrogen-bond donors (Lipinski definition) is 3. The first kappa shape index (κ1) is 11.2. The van der Waals surface area contributed by atoms with Gasteiger partial charge in [-0.1, -0.05) is 0 Å². The monoisotopic (exact) mass is 234 g/mol. The molecule has 1 saturated carbocycles. The van der Waals surface area contributed by atoms with Crippen molar-refractivity contribution in [3.8, 4) is 0 Å². The van der Waals surface area contributed by atoms with Crippen LogP contribution in [-0.4, -0.2) is 24.5 Å². The second-order valence-corrected chi connectivity index (χ2v) is 6.10. The third-order valence-corrected chi connectivity index (χ3v) is 4.92. The summed E-state index contributed by atoms with van der Waals surface area (Å²) in [5.74, 6) is 1.25. The van der Waals surface area contributed by atoms with Crippen LogP contribution in [0.4, 0.5) is 0 Å². The zero-order valence-corrected chi connectivity index (χ0v) is 10.3. The summed E-state index contributed by atoms with van der Waals surface area (Å²) in [4.78, 5) is 4.10. The van der Waals surface area contributed by atoms with Gasteiger partial charge in [-0.2, -0.15) is 0 Å². The van der Waals surface area contributed by atoms with Crippen LogP contribution in [0.5, 0.6) is 0 Å². The van der Waals surface area contributed by atoms with E-state index in [0.29, 0.717) is 17.2 Å². The highest BCUT2D eigenvalue weighted by atomic mass is 15.0. The first-order valence-corrected chi connectivity index (χ1v) is 6.61. The fraction of sp³-hybridized carbons (Fsp3) is 0.769. The molecule has 0 bridgehead atoms. The van der Waals surface area contributed by atoms with E-state index in [-0.39, 0.29) is 5.54 Å².